The minimum absolute atomic E-state index is 0.0141. The van der Waals surface area contributed by atoms with Crippen LogP contribution < -0.4 is 10.1 Å². The van der Waals surface area contributed by atoms with E-state index in [2.05, 4.69) is 16.3 Å². The fourth-order valence-corrected chi connectivity index (χ4v) is 5.09. The maximum atomic E-state index is 15.7. The number of nitrogens with zero attached hydrogens (tertiary/aromatic N) is 2. The van der Waals surface area contributed by atoms with Crippen molar-refractivity contribution < 1.29 is 23.8 Å². The van der Waals surface area contributed by atoms with Gasteiger partial charge in [0.2, 0.25) is 0 Å². The van der Waals surface area contributed by atoms with Crippen LogP contribution in [0.5, 0.6) is 5.75 Å². The van der Waals surface area contributed by atoms with E-state index in [-0.39, 0.29) is 18.4 Å². The molecule has 0 bridgehead atoms. The highest BCUT2D eigenvalue weighted by Crippen LogP contribution is 2.33. The number of nitrogens with one attached hydrogen (secondary N) is 1. The number of benzene rings is 1. The Kier molecular flexibility index (Phi) is 8.80. The number of hydrogen-bond donors (Lipinski definition) is 2. The van der Waals surface area contributed by atoms with Crippen LogP contribution in [0, 0.1) is 0 Å². The third-order valence-corrected chi connectivity index (χ3v) is 7.28. The fourth-order valence-electron chi connectivity index (χ4n) is 5.09. The molecule has 0 radical (unpaired) electrons. The van der Waals surface area contributed by atoms with Gasteiger partial charge in [-0.1, -0.05) is 18.2 Å². The maximum absolute atomic E-state index is 15.7. The fraction of sp³-hybridized carbons (Fsp3) is 0.571. The Bertz CT molecular complexity index is 1040. The van der Waals surface area contributed by atoms with Crippen molar-refractivity contribution in [3.8, 4) is 5.75 Å². The van der Waals surface area contributed by atoms with Crippen LogP contribution in [0.15, 0.2) is 36.4 Å². The highest BCUT2D eigenvalue weighted by Gasteiger charge is 2.39. The molecule has 0 saturated carbocycles. The number of methoxy groups -OCH3 is 1. The second-order valence-corrected chi connectivity index (χ2v) is 10.2. The number of aliphatic carboxylic acids is 1. The van der Waals surface area contributed by atoms with Crippen molar-refractivity contribution >= 4 is 11.8 Å². The number of carboxylic acid groups (broad SMARTS) is 1. The van der Waals surface area contributed by atoms with Crippen LogP contribution in [0.1, 0.15) is 55.3 Å². The van der Waals surface area contributed by atoms with Crippen LogP contribution in [0.25, 0.3) is 0 Å². The van der Waals surface area contributed by atoms with Crippen molar-refractivity contribution in [1.29, 1.82) is 0 Å². The molecule has 36 heavy (non-hydrogen) atoms. The van der Waals surface area contributed by atoms with Gasteiger partial charge in [-0.3, -0.25) is 9.69 Å². The molecule has 0 spiro atoms. The Labute approximate surface area is 213 Å². The number of hydrogen-bond acceptors (Lipinski definition) is 6. The standard InChI is InChI=1S/C28H38FN3O4/c1-20(35-2)18-36-25-7-3-5-22(15-25)23(16-26(33)34)17-32-14-12-28(29,19-32)11-10-24-9-8-21-6-4-13-30-27(21)31-24/h3,5,7-9,15,20,23H,4,6,10-14,16-19H2,1-2H3,(H,30,31)(H,33,34)/t20?,23?,28-/m0/s1. The highest BCUT2D eigenvalue weighted by atomic mass is 19.1. The normalized spacial score (nSPS) is 21.4. The van der Waals surface area contributed by atoms with E-state index in [1.165, 1.54) is 5.56 Å². The molecule has 2 aromatic rings. The Balaban J connectivity index is 1.35. The summed E-state index contributed by atoms with van der Waals surface area (Å²) in [5.41, 5.74) is 1.75. The number of likely N-dealkylation sites (tertiary alicyclic amines) is 1. The van der Waals surface area contributed by atoms with Crippen LogP contribution >= 0.6 is 0 Å². The zero-order valence-corrected chi connectivity index (χ0v) is 21.3. The van der Waals surface area contributed by atoms with Gasteiger partial charge < -0.3 is 19.9 Å². The molecule has 1 aromatic heterocycles. The van der Waals surface area contributed by atoms with Gasteiger partial charge in [-0.05, 0) is 68.4 Å². The van der Waals surface area contributed by atoms with E-state index in [1.807, 2.05) is 37.3 Å². The molecular weight excluding hydrogens is 461 g/mol. The van der Waals surface area contributed by atoms with E-state index in [4.69, 9.17) is 14.5 Å². The molecule has 1 fully saturated rings. The Morgan fingerprint density at radius 2 is 2.19 bits per heavy atom. The van der Waals surface area contributed by atoms with Gasteiger partial charge in [0.25, 0.3) is 0 Å². The molecule has 0 aliphatic carbocycles. The highest BCUT2D eigenvalue weighted by molar-refractivity contribution is 5.68. The zero-order valence-electron chi connectivity index (χ0n) is 21.3. The van der Waals surface area contributed by atoms with Gasteiger partial charge in [0, 0.05) is 44.9 Å². The van der Waals surface area contributed by atoms with Crippen LogP contribution in [-0.4, -0.2) is 72.6 Å². The van der Waals surface area contributed by atoms with Crippen LogP contribution in [0.3, 0.4) is 0 Å². The molecule has 3 heterocycles. The number of ether oxygens (including phenoxy) is 2. The van der Waals surface area contributed by atoms with Crippen molar-refractivity contribution in [2.45, 2.75) is 63.1 Å². The monoisotopic (exact) mass is 499 g/mol. The quantitative estimate of drug-likeness (QED) is 0.446. The minimum Gasteiger partial charge on any atom is -0.491 e. The lowest BCUT2D eigenvalue weighted by Crippen LogP contribution is -2.32. The molecule has 2 aliphatic rings. The molecule has 7 nitrogen and oxygen atoms in total. The molecule has 1 aromatic carbocycles. The molecule has 1 saturated heterocycles. The van der Waals surface area contributed by atoms with Crippen molar-refractivity contribution in [3.63, 3.8) is 0 Å². The Morgan fingerprint density at radius 1 is 1.33 bits per heavy atom. The molecule has 3 atom stereocenters. The lowest BCUT2D eigenvalue weighted by molar-refractivity contribution is -0.137. The third-order valence-electron chi connectivity index (χ3n) is 7.28. The van der Waals surface area contributed by atoms with Gasteiger partial charge in [0.15, 0.2) is 0 Å². The number of rotatable bonds is 12. The molecule has 0 amide bonds. The van der Waals surface area contributed by atoms with Gasteiger partial charge in [-0.2, -0.15) is 0 Å². The number of pyridine rings is 1. The summed E-state index contributed by atoms with van der Waals surface area (Å²) in [5.74, 6) is 0.512. The van der Waals surface area contributed by atoms with Crippen LogP contribution in [0.2, 0.25) is 0 Å². The van der Waals surface area contributed by atoms with Crippen molar-refractivity contribution in [3.05, 3.63) is 53.2 Å². The van der Waals surface area contributed by atoms with Crippen molar-refractivity contribution in [1.82, 2.24) is 9.88 Å². The predicted molar refractivity (Wildman–Crippen MR) is 138 cm³/mol. The summed E-state index contributed by atoms with van der Waals surface area (Å²) >= 11 is 0. The number of alkyl halides is 1. The molecule has 2 unspecified atom stereocenters. The number of halogens is 1. The summed E-state index contributed by atoms with van der Waals surface area (Å²) in [6.45, 7) is 4.70. The number of carboxylic acids is 1. The lowest BCUT2D eigenvalue weighted by Gasteiger charge is -2.25. The molecule has 4 rings (SSSR count). The second-order valence-electron chi connectivity index (χ2n) is 10.2. The van der Waals surface area contributed by atoms with Crippen LogP contribution in [-0.2, 0) is 22.4 Å². The number of fused-ring (bicyclic) bond motifs is 1. The first kappa shape index (κ1) is 26.4. The Morgan fingerprint density at radius 3 is 3.00 bits per heavy atom. The largest absolute Gasteiger partial charge is 0.491 e. The first-order valence-corrected chi connectivity index (χ1v) is 12.9. The van der Waals surface area contributed by atoms with E-state index < -0.39 is 11.6 Å². The molecular formula is C28H38FN3O4. The zero-order chi connectivity index (χ0) is 25.5. The number of aryl methyl sites for hydroxylation is 2. The summed E-state index contributed by atoms with van der Waals surface area (Å²) in [5, 5.41) is 12.9. The first-order valence-electron chi connectivity index (χ1n) is 12.9. The molecule has 2 N–H and O–H groups in total. The van der Waals surface area contributed by atoms with Gasteiger partial charge in [-0.25, -0.2) is 9.37 Å². The predicted octanol–water partition coefficient (Wildman–Crippen LogP) is 4.46. The minimum atomic E-state index is -1.29. The SMILES string of the molecule is COC(C)COc1cccc(C(CC(=O)O)CN2CC[C@@](F)(CCc3ccc4c(n3)NCCC4)C2)c1. The summed E-state index contributed by atoms with van der Waals surface area (Å²) in [7, 11) is 1.63. The number of anilines is 1. The number of aromatic nitrogens is 1. The first-order chi connectivity index (χ1) is 17.3. The Hall–Kier alpha value is -2.71. The summed E-state index contributed by atoms with van der Waals surface area (Å²) < 4.78 is 26.8. The third kappa shape index (κ3) is 7.17. The van der Waals surface area contributed by atoms with E-state index in [0.29, 0.717) is 51.3 Å². The topological polar surface area (TPSA) is 83.9 Å². The molecule has 2 aliphatic heterocycles. The average Bonchev–Trinajstić information content (AvgIpc) is 3.26. The van der Waals surface area contributed by atoms with E-state index in [9.17, 15) is 9.90 Å². The van der Waals surface area contributed by atoms with E-state index in [0.717, 1.165) is 36.5 Å². The van der Waals surface area contributed by atoms with Crippen molar-refractivity contribution in [2.24, 2.45) is 0 Å². The van der Waals surface area contributed by atoms with Crippen LogP contribution in [0.4, 0.5) is 10.2 Å². The summed E-state index contributed by atoms with van der Waals surface area (Å²) in [4.78, 5) is 18.4. The summed E-state index contributed by atoms with van der Waals surface area (Å²) in [6, 6.07) is 11.7. The van der Waals surface area contributed by atoms with Gasteiger partial charge in [0.05, 0.1) is 12.5 Å². The summed E-state index contributed by atoms with van der Waals surface area (Å²) in [6.07, 6.45) is 3.56. The van der Waals surface area contributed by atoms with Gasteiger partial charge >= 0.3 is 5.97 Å². The maximum Gasteiger partial charge on any atom is 0.304 e. The van der Waals surface area contributed by atoms with Gasteiger partial charge in [-0.15, -0.1) is 0 Å². The second kappa shape index (κ2) is 12.0. The van der Waals surface area contributed by atoms with Crippen molar-refractivity contribution in [2.75, 3.05) is 45.2 Å². The van der Waals surface area contributed by atoms with E-state index >= 15 is 4.39 Å². The van der Waals surface area contributed by atoms with Gasteiger partial charge in [0.1, 0.15) is 23.8 Å². The smallest absolute Gasteiger partial charge is 0.304 e. The lowest BCUT2D eigenvalue weighted by atomic mass is 9.94. The molecule has 8 heteroatoms. The van der Waals surface area contributed by atoms with E-state index in [1.54, 1.807) is 7.11 Å². The average molecular weight is 500 g/mol. The molecule has 196 valence electrons. The number of carbonyl (C=O) groups is 1.